The minimum atomic E-state index is -0.588. The van der Waals surface area contributed by atoms with Gasteiger partial charge in [0.2, 0.25) is 17.6 Å². The Morgan fingerprint density at radius 2 is 2.07 bits per heavy atom. The Hall–Kier alpha value is -3.00. The highest BCUT2D eigenvalue weighted by Gasteiger charge is 2.36. The number of carbonyl (C=O) groups is 1. The molecule has 1 atom stereocenters. The predicted molar refractivity (Wildman–Crippen MR) is 100 cm³/mol. The van der Waals surface area contributed by atoms with Crippen molar-refractivity contribution in [1.82, 2.24) is 15.0 Å². The quantitative estimate of drug-likeness (QED) is 0.607. The summed E-state index contributed by atoms with van der Waals surface area (Å²) >= 11 is 5.70. The zero-order valence-electron chi connectivity index (χ0n) is 15.4. The number of benzene rings is 2. The standard InChI is InChI=1S/C20H16ClF2N3O3/c1-28-17-6-2-11(8-15(17)23)10-26-16(5-7-18(26)27)20-24-19(25-29-20)12-3-4-13(21)14(22)9-12/h2-4,6,8-9,16H,5,7,10H2,1H3. The van der Waals surface area contributed by atoms with Crippen LogP contribution in [-0.2, 0) is 11.3 Å². The Morgan fingerprint density at radius 3 is 2.79 bits per heavy atom. The van der Waals surface area contributed by atoms with Gasteiger partial charge in [-0.05, 0) is 42.3 Å². The summed E-state index contributed by atoms with van der Waals surface area (Å²) in [5.41, 5.74) is 1.03. The summed E-state index contributed by atoms with van der Waals surface area (Å²) in [5, 5.41) is 3.89. The molecular weight excluding hydrogens is 404 g/mol. The van der Waals surface area contributed by atoms with Crippen LogP contribution < -0.4 is 4.74 Å². The fourth-order valence-corrected chi connectivity index (χ4v) is 3.43. The molecule has 4 rings (SSSR count). The van der Waals surface area contributed by atoms with Crippen LogP contribution in [0.15, 0.2) is 40.9 Å². The lowest BCUT2D eigenvalue weighted by Crippen LogP contribution is -2.27. The number of hydrogen-bond acceptors (Lipinski definition) is 5. The van der Waals surface area contributed by atoms with Gasteiger partial charge in [-0.1, -0.05) is 22.8 Å². The first-order valence-electron chi connectivity index (χ1n) is 8.87. The van der Waals surface area contributed by atoms with Gasteiger partial charge in [0.25, 0.3) is 0 Å². The van der Waals surface area contributed by atoms with E-state index in [1.54, 1.807) is 17.0 Å². The van der Waals surface area contributed by atoms with E-state index < -0.39 is 17.7 Å². The topological polar surface area (TPSA) is 68.5 Å². The number of likely N-dealkylation sites (tertiary alicyclic amines) is 1. The third-order valence-corrected chi connectivity index (χ3v) is 5.11. The number of ether oxygens (including phenoxy) is 1. The Morgan fingerprint density at radius 1 is 1.24 bits per heavy atom. The minimum absolute atomic E-state index is 0.00300. The minimum Gasteiger partial charge on any atom is -0.494 e. The Labute approximate surface area is 170 Å². The van der Waals surface area contributed by atoms with E-state index in [2.05, 4.69) is 10.1 Å². The first-order valence-corrected chi connectivity index (χ1v) is 9.25. The number of carbonyl (C=O) groups excluding carboxylic acids is 1. The number of halogens is 3. The molecule has 0 saturated carbocycles. The molecule has 1 aliphatic rings. The Balaban J connectivity index is 1.57. The number of amides is 1. The molecule has 9 heteroatoms. The first-order chi connectivity index (χ1) is 14.0. The van der Waals surface area contributed by atoms with Gasteiger partial charge >= 0.3 is 0 Å². The molecule has 0 aliphatic carbocycles. The van der Waals surface area contributed by atoms with Gasteiger partial charge in [-0.2, -0.15) is 4.98 Å². The van der Waals surface area contributed by atoms with Crippen molar-refractivity contribution in [3.05, 3.63) is 64.5 Å². The summed E-state index contributed by atoms with van der Waals surface area (Å²) < 4.78 is 38.0. The van der Waals surface area contributed by atoms with Crippen LogP contribution >= 0.6 is 11.6 Å². The second kappa shape index (κ2) is 7.79. The molecule has 0 bridgehead atoms. The molecule has 0 spiro atoms. The molecular formula is C20H16ClF2N3O3. The lowest BCUT2D eigenvalue weighted by atomic mass is 10.1. The number of rotatable bonds is 5. The average Bonchev–Trinajstić information content (AvgIpc) is 3.32. The number of aromatic nitrogens is 2. The van der Waals surface area contributed by atoms with Crippen molar-refractivity contribution in [2.45, 2.75) is 25.4 Å². The van der Waals surface area contributed by atoms with Crippen molar-refractivity contribution in [1.29, 1.82) is 0 Å². The van der Waals surface area contributed by atoms with Crippen LogP contribution in [0.25, 0.3) is 11.4 Å². The van der Waals surface area contributed by atoms with Crippen LogP contribution in [0.5, 0.6) is 5.75 Å². The average molecular weight is 420 g/mol. The highest BCUT2D eigenvalue weighted by molar-refractivity contribution is 6.30. The largest absolute Gasteiger partial charge is 0.494 e. The lowest BCUT2D eigenvalue weighted by Gasteiger charge is -2.22. The molecule has 0 N–H and O–H groups in total. The normalized spacial score (nSPS) is 16.5. The Bertz CT molecular complexity index is 1070. The van der Waals surface area contributed by atoms with Gasteiger partial charge in [0.1, 0.15) is 11.9 Å². The summed E-state index contributed by atoms with van der Waals surface area (Å²) in [5.74, 6) is -0.605. The second-order valence-corrected chi connectivity index (χ2v) is 7.04. The number of nitrogens with zero attached hydrogens (tertiary/aromatic N) is 3. The maximum Gasteiger partial charge on any atom is 0.249 e. The summed E-state index contributed by atoms with van der Waals surface area (Å²) in [7, 11) is 1.39. The van der Waals surface area contributed by atoms with Gasteiger partial charge in [0.15, 0.2) is 11.6 Å². The Kier molecular flexibility index (Phi) is 5.19. The van der Waals surface area contributed by atoms with Gasteiger partial charge in [0, 0.05) is 18.5 Å². The van der Waals surface area contributed by atoms with Crippen molar-refractivity contribution in [2.75, 3.05) is 7.11 Å². The van der Waals surface area contributed by atoms with E-state index in [9.17, 15) is 13.6 Å². The van der Waals surface area contributed by atoms with E-state index >= 15 is 0 Å². The van der Waals surface area contributed by atoms with E-state index in [0.29, 0.717) is 24.0 Å². The molecule has 3 aromatic rings. The highest BCUT2D eigenvalue weighted by Crippen LogP contribution is 2.35. The maximum absolute atomic E-state index is 14.0. The summed E-state index contributed by atoms with van der Waals surface area (Å²) in [6.07, 6.45) is 0.810. The van der Waals surface area contributed by atoms with E-state index in [1.165, 1.54) is 31.4 Å². The van der Waals surface area contributed by atoms with Crippen molar-refractivity contribution in [3.63, 3.8) is 0 Å². The SMILES string of the molecule is COc1ccc(CN2C(=O)CCC2c2nc(-c3ccc(Cl)c(F)c3)no2)cc1F. The van der Waals surface area contributed by atoms with Gasteiger partial charge < -0.3 is 14.2 Å². The van der Waals surface area contributed by atoms with Crippen LogP contribution in [-0.4, -0.2) is 28.1 Å². The fourth-order valence-electron chi connectivity index (χ4n) is 3.32. The number of methoxy groups -OCH3 is 1. The van der Waals surface area contributed by atoms with Crippen molar-refractivity contribution in [2.24, 2.45) is 0 Å². The molecule has 1 aromatic heterocycles. The molecule has 150 valence electrons. The molecule has 1 aliphatic heterocycles. The molecule has 0 radical (unpaired) electrons. The molecule has 2 heterocycles. The van der Waals surface area contributed by atoms with Crippen molar-refractivity contribution in [3.8, 4) is 17.1 Å². The second-order valence-electron chi connectivity index (χ2n) is 6.63. The molecule has 6 nitrogen and oxygen atoms in total. The molecule has 1 unspecified atom stereocenters. The van der Waals surface area contributed by atoms with E-state index in [-0.39, 0.29) is 34.9 Å². The monoisotopic (exact) mass is 419 g/mol. The van der Waals surface area contributed by atoms with Crippen LogP contribution in [0.2, 0.25) is 5.02 Å². The van der Waals surface area contributed by atoms with Crippen molar-refractivity contribution < 1.29 is 22.8 Å². The van der Waals surface area contributed by atoms with Crippen molar-refractivity contribution >= 4 is 17.5 Å². The van der Waals surface area contributed by atoms with Gasteiger partial charge in [0.05, 0.1) is 12.1 Å². The summed E-state index contributed by atoms with van der Waals surface area (Å²) in [6, 6.07) is 8.31. The third kappa shape index (κ3) is 3.80. The molecule has 1 saturated heterocycles. The molecule has 1 amide bonds. The highest BCUT2D eigenvalue weighted by atomic mass is 35.5. The third-order valence-electron chi connectivity index (χ3n) is 4.80. The maximum atomic E-state index is 14.0. The van der Waals surface area contributed by atoms with Gasteiger partial charge in [-0.3, -0.25) is 4.79 Å². The predicted octanol–water partition coefficient (Wildman–Crippen LogP) is 4.54. The lowest BCUT2D eigenvalue weighted by molar-refractivity contribution is -0.130. The zero-order valence-corrected chi connectivity index (χ0v) is 16.1. The fraction of sp³-hybridized carbons (Fsp3) is 0.250. The van der Waals surface area contributed by atoms with Crippen LogP contribution in [0.3, 0.4) is 0 Å². The van der Waals surface area contributed by atoms with Crippen LogP contribution in [0.1, 0.15) is 30.3 Å². The molecule has 2 aromatic carbocycles. The first kappa shape index (κ1) is 19.3. The molecule has 1 fully saturated rings. The van der Waals surface area contributed by atoms with Crippen LogP contribution in [0.4, 0.5) is 8.78 Å². The van der Waals surface area contributed by atoms with Gasteiger partial charge in [-0.15, -0.1) is 0 Å². The zero-order chi connectivity index (χ0) is 20.5. The number of hydrogen-bond donors (Lipinski definition) is 0. The van der Waals surface area contributed by atoms with E-state index in [4.69, 9.17) is 20.9 Å². The van der Waals surface area contributed by atoms with Crippen LogP contribution in [0, 0.1) is 11.6 Å². The molecule has 29 heavy (non-hydrogen) atoms. The van der Waals surface area contributed by atoms with E-state index in [0.717, 1.165) is 0 Å². The van der Waals surface area contributed by atoms with E-state index in [1.807, 2.05) is 0 Å². The smallest absolute Gasteiger partial charge is 0.249 e. The van der Waals surface area contributed by atoms with Gasteiger partial charge in [-0.25, -0.2) is 8.78 Å². The summed E-state index contributed by atoms with van der Waals surface area (Å²) in [6.45, 7) is 0.192. The summed E-state index contributed by atoms with van der Waals surface area (Å²) in [4.78, 5) is 18.3.